The van der Waals surface area contributed by atoms with Gasteiger partial charge in [-0.1, -0.05) is 13.3 Å². The lowest BCUT2D eigenvalue weighted by Gasteiger charge is -2.25. The first-order valence-corrected chi connectivity index (χ1v) is 7.51. The number of carbonyl (C=O) groups is 1. The van der Waals surface area contributed by atoms with Crippen LogP contribution in [0.2, 0.25) is 0 Å². The van der Waals surface area contributed by atoms with E-state index in [1.54, 1.807) is 6.92 Å². The van der Waals surface area contributed by atoms with Gasteiger partial charge >= 0.3 is 5.97 Å². The molecule has 4 nitrogen and oxygen atoms in total. The first-order valence-electron chi connectivity index (χ1n) is 7.51. The number of esters is 1. The smallest absolute Gasteiger partial charge is 0.308 e. The zero-order valence-electron chi connectivity index (χ0n) is 12.2. The highest BCUT2D eigenvalue weighted by atomic mass is 16.5. The van der Waals surface area contributed by atoms with Crippen LogP contribution < -0.4 is 0 Å². The highest BCUT2D eigenvalue weighted by Gasteiger charge is 2.22. The van der Waals surface area contributed by atoms with E-state index in [-0.39, 0.29) is 24.1 Å². The molecule has 2 atom stereocenters. The summed E-state index contributed by atoms with van der Waals surface area (Å²) in [4.78, 5) is 11.8. The fraction of sp³-hybridized carbons (Fsp3) is 0.933. The van der Waals surface area contributed by atoms with Crippen LogP contribution in [0.1, 0.15) is 58.8 Å². The first kappa shape index (κ1) is 16.4. The maximum Gasteiger partial charge on any atom is 0.308 e. The quantitative estimate of drug-likeness (QED) is 0.698. The third-order valence-electron chi connectivity index (χ3n) is 3.94. The molecule has 112 valence electrons. The van der Waals surface area contributed by atoms with Crippen molar-refractivity contribution in [2.75, 3.05) is 6.61 Å². The number of hydrogen-bond donors (Lipinski definition) is 2. The average Bonchev–Trinajstić information content (AvgIpc) is 2.37. The fourth-order valence-corrected chi connectivity index (χ4v) is 2.49. The zero-order chi connectivity index (χ0) is 14.3. The van der Waals surface area contributed by atoms with E-state index in [1.807, 2.05) is 6.92 Å². The van der Waals surface area contributed by atoms with E-state index in [9.17, 15) is 9.90 Å². The van der Waals surface area contributed by atoms with Crippen molar-refractivity contribution in [2.24, 2.45) is 11.8 Å². The predicted molar refractivity (Wildman–Crippen MR) is 73.6 cm³/mol. The molecule has 19 heavy (non-hydrogen) atoms. The summed E-state index contributed by atoms with van der Waals surface area (Å²) >= 11 is 0. The average molecular weight is 272 g/mol. The van der Waals surface area contributed by atoms with Crippen molar-refractivity contribution in [2.45, 2.75) is 71.0 Å². The van der Waals surface area contributed by atoms with Gasteiger partial charge in [0.15, 0.2) is 0 Å². The Labute approximate surface area is 116 Å². The Kier molecular flexibility index (Phi) is 7.39. The number of carbonyl (C=O) groups excluding carboxylic acids is 1. The van der Waals surface area contributed by atoms with Gasteiger partial charge in [-0.2, -0.15) is 0 Å². The summed E-state index contributed by atoms with van der Waals surface area (Å²) in [6.45, 7) is 4.14. The lowest BCUT2D eigenvalue weighted by Crippen LogP contribution is -2.24. The molecule has 0 bridgehead atoms. The van der Waals surface area contributed by atoms with Gasteiger partial charge in [0.2, 0.25) is 0 Å². The van der Waals surface area contributed by atoms with Crippen molar-refractivity contribution in [3.8, 4) is 0 Å². The van der Waals surface area contributed by atoms with Crippen LogP contribution in [0.5, 0.6) is 0 Å². The van der Waals surface area contributed by atoms with Crippen molar-refractivity contribution in [3.05, 3.63) is 0 Å². The third-order valence-corrected chi connectivity index (χ3v) is 3.94. The van der Waals surface area contributed by atoms with Gasteiger partial charge in [0.25, 0.3) is 0 Å². The van der Waals surface area contributed by atoms with E-state index >= 15 is 0 Å². The molecule has 1 aliphatic rings. The molecule has 0 heterocycles. The Bertz CT molecular complexity index is 257. The van der Waals surface area contributed by atoms with E-state index in [2.05, 4.69) is 0 Å². The second-order valence-electron chi connectivity index (χ2n) is 5.99. The van der Waals surface area contributed by atoms with Crippen molar-refractivity contribution >= 4 is 5.97 Å². The van der Waals surface area contributed by atoms with Crippen LogP contribution in [-0.4, -0.2) is 35.0 Å². The Hall–Kier alpha value is -0.610. The van der Waals surface area contributed by atoms with Gasteiger partial charge in [-0.05, 0) is 51.4 Å². The van der Waals surface area contributed by atoms with Gasteiger partial charge in [-0.15, -0.1) is 0 Å². The second kappa shape index (κ2) is 8.54. The normalized spacial score (nSPS) is 26.7. The molecule has 1 saturated carbocycles. The van der Waals surface area contributed by atoms with Crippen LogP contribution >= 0.6 is 0 Å². The molecule has 0 aromatic rings. The summed E-state index contributed by atoms with van der Waals surface area (Å²) in [6.07, 6.45) is 5.45. The van der Waals surface area contributed by atoms with Crippen LogP contribution in [0.25, 0.3) is 0 Å². The molecular weight excluding hydrogens is 244 g/mol. The highest BCUT2D eigenvalue weighted by Crippen LogP contribution is 2.24. The lowest BCUT2D eigenvalue weighted by atomic mass is 9.88. The van der Waals surface area contributed by atoms with E-state index in [0.717, 1.165) is 44.9 Å². The molecule has 0 saturated heterocycles. The molecule has 4 heteroatoms. The van der Waals surface area contributed by atoms with E-state index in [1.165, 1.54) is 0 Å². The Morgan fingerprint density at radius 1 is 1.21 bits per heavy atom. The standard InChI is InChI=1S/C15H28O4/c1-11(4-3-5-12(2)16)15(18)19-10-13-6-8-14(17)9-7-13/h11-14,16-17H,3-10H2,1-2H3. The number of ether oxygens (including phenoxy) is 1. The van der Waals surface area contributed by atoms with Crippen LogP contribution in [0.4, 0.5) is 0 Å². The fourth-order valence-electron chi connectivity index (χ4n) is 2.49. The van der Waals surface area contributed by atoms with Gasteiger partial charge in [0, 0.05) is 0 Å². The Morgan fingerprint density at radius 3 is 2.42 bits per heavy atom. The molecule has 2 unspecified atom stereocenters. The summed E-state index contributed by atoms with van der Waals surface area (Å²) < 4.78 is 5.35. The van der Waals surface area contributed by atoms with Gasteiger partial charge in [-0.3, -0.25) is 4.79 Å². The Morgan fingerprint density at radius 2 is 1.84 bits per heavy atom. The minimum absolute atomic E-state index is 0.0899. The summed E-state index contributed by atoms with van der Waals surface area (Å²) in [5.41, 5.74) is 0. The molecule has 0 amide bonds. The van der Waals surface area contributed by atoms with Gasteiger partial charge < -0.3 is 14.9 Å². The summed E-state index contributed by atoms with van der Waals surface area (Å²) in [5.74, 6) is 0.196. The van der Waals surface area contributed by atoms with E-state index < -0.39 is 0 Å². The largest absolute Gasteiger partial charge is 0.465 e. The molecular formula is C15H28O4. The highest BCUT2D eigenvalue weighted by molar-refractivity contribution is 5.71. The van der Waals surface area contributed by atoms with E-state index in [0.29, 0.717) is 12.5 Å². The minimum Gasteiger partial charge on any atom is -0.465 e. The predicted octanol–water partition coefficient (Wildman–Crippen LogP) is 2.27. The maximum absolute atomic E-state index is 11.8. The minimum atomic E-state index is -0.295. The number of rotatable bonds is 7. The third kappa shape index (κ3) is 6.92. The van der Waals surface area contributed by atoms with Crippen molar-refractivity contribution in [1.29, 1.82) is 0 Å². The van der Waals surface area contributed by atoms with Crippen LogP contribution in [0.3, 0.4) is 0 Å². The second-order valence-corrected chi connectivity index (χ2v) is 5.99. The zero-order valence-corrected chi connectivity index (χ0v) is 12.2. The SMILES string of the molecule is CC(O)CCCC(C)C(=O)OCC1CCC(O)CC1. The molecule has 0 aromatic carbocycles. The van der Waals surface area contributed by atoms with Crippen LogP contribution in [0.15, 0.2) is 0 Å². The molecule has 0 aliphatic heterocycles. The molecule has 1 rings (SSSR count). The maximum atomic E-state index is 11.8. The molecule has 1 aliphatic carbocycles. The van der Waals surface area contributed by atoms with Gasteiger partial charge in [0.05, 0.1) is 24.7 Å². The Balaban J connectivity index is 2.12. The van der Waals surface area contributed by atoms with Crippen LogP contribution in [0, 0.1) is 11.8 Å². The van der Waals surface area contributed by atoms with Crippen molar-refractivity contribution < 1.29 is 19.7 Å². The van der Waals surface area contributed by atoms with Gasteiger partial charge in [-0.25, -0.2) is 0 Å². The lowest BCUT2D eigenvalue weighted by molar-refractivity contribution is -0.150. The molecule has 2 N–H and O–H groups in total. The van der Waals surface area contributed by atoms with Crippen LogP contribution in [-0.2, 0) is 9.53 Å². The monoisotopic (exact) mass is 272 g/mol. The molecule has 0 spiro atoms. The van der Waals surface area contributed by atoms with Gasteiger partial charge in [0.1, 0.15) is 0 Å². The summed E-state index contributed by atoms with van der Waals surface area (Å²) in [7, 11) is 0. The number of hydrogen-bond acceptors (Lipinski definition) is 4. The van der Waals surface area contributed by atoms with Crippen molar-refractivity contribution in [3.63, 3.8) is 0 Å². The summed E-state index contributed by atoms with van der Waals surface area (Å²) in [6, 6.07) is 0. The van der Waals surface area contributed by atoms with E-state index in [4.69, 9.17) is 9.84 Å². The molecule has 1 fully saturated rings. The molecule has 0 aromatic heterocycles. The number of aliphatic hydroxyl groups is 2. The number of aliphatic hydroxyl groups excluding tert-OH is 2. The first-order chi connectivity index (χ1) is 8.99. The van der Waals surface area contributed by atoms with Crippen molar-refractivity contribution in [1.82, 2.24) is 0 Å². The molecule has 0 radical (unpaired) electrons. The summed E-state index contributed by atoms with van der Waals surface area (Å²) in [5, 5.41) is 18.6. The topological polar surface area (TPSA) is 66.8 Å².